The first-order valence-corrected chi connectivity index (χ1v) is 6.79. The Labute approximate surface area is 119 Å². The molecule has 5 N–H and O–H groups in total. The van der Waals surface area contributed by atoms with Gasteiger partial charge in [-0.25, -0.2) is 0 Å². The lowest BCUT2D eigenvalue weighted by Gasteiger charge is -2.15. The van der Waals surface area contributed by atoms with Crippen molar-refractivity contribution >= 4 is 11.8 Å². The average molecular weight is 278 g/mol. The number of hydrogen-bond donors (Lipinski definition) is 3. The first-order valence-electron chi connectivity index (χ1n) is 6.79. The largest absolute Gasteiger partial charge is 0.481 e. The van der Waals surface area contributed by atoms with E-state index >= 15 is 0 Å². The van der Waals surface area contributed by atoms with Gasteiger partial charge in [-0.3, -0.25) is 9.59 Å². The standard InChI is InChI=1S/C15H22N2O3/c16-8-4-7-12(15(19)20)10-14(18)13(17)9-11-5-2-1-3-6-11/h1-3,5-6,12-13H,4,7-10,16-17H2,(H,19,20)/t12-,13+/m1/s1. The zero-order valence-corrected chi connectivity index (χ0v) is 11.5. The summed E-state index contributed by atoms with van der Waals surface area (Å²) in [5.74, 6) is -1.86. The van der Waals surface area contributed by atoms with Gasteiger partial charge in [0, 0.05) is 6.42 Å². The van der Waals surface area contributed by atoms with Crippen molar-refractivity contribution in [3.05, 3.63) is 35.9 Å². The van der Waals surface area contributed by atoms with Gasteiger partial charge in [-0.1, -0.05) is 30.3 Å². The maximum absolute atomic E-state index is 12.0. The smallest absolute Gasteiger partial charge is 0.306 e. The van der Waals surface area contributed by atoms with Crippen molar-refractivity contribution in [3.63, 3.8) is 0 Å². The molecule has 0 saturated carbocycles. The Morgan fingerprint density at radius 2 is 1.85 bits per heavy atom. The number of aliphatic carboxylic acids is 1. The molecule has 0 heterocycles. The third-order valence-corrected chi connectivity index (χ3v) is 3.27. The molecule has 0 fully saturated rings. The predicted molar refractivity (Wildman–Crippen MR) is 77.2 cm³/mol. The monoisotopic (exact) mass is 278 g/mol. The van der Waals surface area contributed by atoms with E-state index < -0.39 is 17.9 Å². The molecule has 1 aromatic carbocycles. The number of Topliss-reactive ketones (excluding diaryl/α,β-unsaturated/α-hetero) is 1. The topological polar surface area (TPSA) is 106 Å². The van der Waals surface area contributed by atoms with Crippen LogP contribution in [0.2, 0.25) is 0 Å². The summed E-state index contributed by atoms with van der Waals surface area (Å²) in [5.41, 5.74) is 12.2. The molecule has 0 saturated heterocycles. The van der Waals surface area contributed by atoms with E-state index in [2.05, 4.69) is 0 Å². The van der Waals surface area contributed by atoms with Crippen molar-refractivity contribution in [2.75, 3.05) is 6.54 Å². The molecule has 1 rings (SSSR count). The molecule has 0 spiro atoms. The van der Waals surface area contributed by atoms with Crippen LogP contribution in [-0.4, -0.2) is 29.4 Å². The Morgan fingerprint density at radius 3 is 2.40 bits per heavy atom. The van der Waals surface area contributed by atoms with Gasteiger partial charge in [0.05, 0.1) is 12.0 Å². The molecule has 0 amide bonds. The van der Waals surface area contributed by atoms with Crippen molar-refractivity contribution in [3.8, 4) is 0 Å². The molecule has 0 aliphatic heterocycles. The second-order valence-corrected chi connectivity index (χ2v) is 4.93. The molecule has 0 radical (unpaired) electrons. The van der Waals surface area contributed by atoms with Crippen molar-refractivity contribution in [1.82, 2.24) is 0 Å². The summed E-state index contributed by atoms with van der Waals surface area (Å²) in [6.07, 6.45) is 1.42. The molecule has 110 valence electrons. The molecule has 5 nitrogen and oxygen atoms in total. The van der Waals surface area contributed by atoms with E-state index in [0.29, 0.717) is 25.8 Å². The van der Waals surface area contributed by atoms with Crippen LogP contribution in [0.1, 0.15) is 24.8 Å². The summed E-state index contributed by atoms with van der Waals surface area (Å²) in [7, 11) is 0. The maximum atomic E-state index is 12.0. The highest BCUT2D eigenvalue weighted by Crippen LogP contribution is 2.14. The van der Waals surface area contributed by atoms with Gasteiger partial charge in [-0.15, -0.1) is 0 Å². The van der Waals surface area contributed by atoms with Gasteiger partial charge in [0.2, 0.25) is 0 Å². The molecule has 5 heteroatoms. The number of hydrogen-bond acceptors (Lipinski definition) is 4. The van der Waals surface area contributed by atoms with Crippen LogP contribution in [0.15, 0.2) is 30.3 Å². The Bertz CT molecular complexity index is 434. The minimum absolute atomic E-state index is 0.0245. The predicted octanol–water partition coefficient (Wildman–Crippen LogP) is 0.955. The zero-order chi connectivity index (χ0) is 15.0. The Hall–Kier alpha value is -1.72. The molecule has 20 heavy (non-hydrogen) atoms. The highest BCUT2D eigenvalue weighted by atomic mass is 16.4. The van der Waals surface area contributed by atoms with Crippen molar-refractivity contribution in [2.45, 2.75) is 31.7 Å². The number of carbonyl (C=O) groups is 2. The van der Waals surface area contributed by atoms with E-state index in [4.69, 9.17) is 16.6 Å². The Kier molecular flexibility index (Phi) is 6.90. The summed E-state index contributed by atoms with van der Waals surface area (Å²) in [6.45, 7) is 0.425. The number of ketones is 1. The fraction of sp³-hybridized carbons (Fsp3) is 0.467. The second-order valence-electron chi connectivity index (χ2n) is 4.93. The van der Waals surface area contributed by atoms with E-state index in [0.717, 1.165) is 5.56 Å². The van der Waals surface area contributed by atoms with Gasteiger partial charge in [0.25, 0.3) is 0 Å². The van der Waals surface area contributed by atoms with Crippen molar-refractivity contribution in [2.24, 2.45) is 17.4 Å². The molecule has 2 atom stereocenters. The number of carboxylic acids is 1. The lowest BCUT2D eigenvalue weighted by Crippen LogP contribution is -2.35. The van der Waals surface area contributed by atoms with Crippen molar-refractivity contribution < 1.29 is 14.7 Å². The first-order chi connectivity index (χ1) is 9.54. The average Bonchev–Trinajstić information content (AvgIpc) is 2.43. The number of benzene rings is 1. The third-order valence-electron chi connectivity index (χ3n) is 3.27. The summed E-state index contributed by atoms with van der Waals surface area (Å²) in [6, 6.07) is 8.80. The van der Waals surface area contributed by atoms with E-state index in [1.165, 1.54) is 0 Å². The highest BCUT2D eigenvalue weighted by Gasteiger charge is 2.24. The first kappa shape index (κ1) is 16.3. The summed E-state index contributed by atoms with van der Waals surface area (Å²) in [5, 5.41) is 9.09. The number of carboxylic acid groups (broad SMARTS) is 1. The molecule has 0 unspecified atom stereocenters. The molecular weight excluding hydrogens is 256 g/mol. The third kappa shape index (κ3) is 5.50. The fourth-order valence-corrected chi connectivity index (χ4v) is 2.05. The van der Waals surface area contributed by atoms with Gasteiger partial charge >= 0.3 is 5.97 Å². The van der Waals surface area contributed by atoms with Crippen LogP contribution in [0.5, 0.6) is 0 Å². The lowest BCUT2D eigenvalue weighted by molar-refractivity contribution is -0.144. The van der Waals surface area contributed by atoms with Gasteiger partial charge in [0.1, 0.15) is 0 Å². The lowest BCUT2D eigenvalue weighted by atomic mass is 9.92. The second kappa shape index (κ2) is 8.45. The van der Waals surface area contributed by atoms with Gasteiger partial charge in [-0.2, -0.15) is 0 Å². The molecule has 0 aromatic heterocycles. The van der Waals surface area contributed by atoms with Crippen LogP contribution in [0.3, 0.4) is 0 Å². The maximum Gasteiger partial charge on any atom is 0.306 e. The summed E-state index contributed by atoms with van der Waals surface area (Å²) < 4.78 is 0. The van der Waals surface area contributed by atoms with Crippen LogP contribution in [-0.2, 0) is 16.0 Å². The molecule has 0 aliphatic rings. The Morgan fingerprint density at radius 1 is 1.20 bits per heavy atom. The molecular formula is C15H22N2O3. The van der Waals surface area contributed by atoms with E-state index in [1.54, 1.807) is 0 Å². The fourth-order valence-electron chi connectivity index (χ4n) is 2.05. The van der Waals surface area contributed by atoms with Crippen molar-refractivity contribution in [1.29, 1.82) is 0 Å². The summed E-state index contributed by atoms with van der Waals surface area (Å²) >= 11 is 0. The molecule has 0 aliphatic carbocycles. The van der Waals surface area contributed by atoms with E-state index in [-0.39, 0.29) is 12.2 Å². The van der Waals surface area contributed by atoms with Crippen LogP contribution in [0, 0.1) is 5.92 Å². The van der Waals surface area contributed by atoms with Gasteiger partial charge in [0.15, 0.2) is 5.78 Å². The minimum Gasteiger partial charge on any atom is -0.481 e. The summed E-state index contributed by atoms with van der Waals surface area (Å²) in [4.78, 5) is 23.1. The van der Waals surface area contributed by atoms with E-state index in [1.807, 2.05) is 30.3 Å². The van der Waals surface area contributed by atoms with Gasteiger partial charge in [-0.05, 0) is 31.4 Å². The van der Waals surface area contributed by atoms with Crippen LogP contribution >= 0.6 is 0 Å². The SMILES string of the molecule is NCCC[C@H](CC(=O)[C@@H](N)Cc1ccccc1)C(=O)O. The van der Waals surface area contributed by atoms with Crippen LogP contribution in [0.25, 0.3) is 0 Å². The molecule has 1 aromatic rings. The Balaban J connectivity index is 2.53. The number of carbonyl (C=O) groups excluding carboxylic acids is 1. The van der Waals surface area contributed by atoms with Gasteiger partial charge < -0.3 is 16.6 Å². The minimum atomic E-state index is -0.960. The van der Waals surface area contributed by atoms with Crippen LogP contribution < -0.4 is 11.5 Å². The highest BCUT2D eigenvalue weighted by molar-refractivity contribution is 5.87. The number of rotatable bonds is 9. The van der Waals surface area contributed by atoms with Crippen LogP contribution in [0.4, 0.5) is 0 Å². The normalized spacial score (nSPS) is 13.7. The zero-order valence-electron chi connectivity index (χ0n) is 11.5. The van der Waals surface area contributed by atoms with E-state index in [9.17, 15) is 9.59 Å². The quantitative estimate of drug-likeness (QED) is 0.623. The number of nitrogens with two attached hydrogens (primary N) is 2. The molecule has 0 bridgehead atoms.